The highest BCUT2D eigenvalue weighted by molar-refractivity contribution is 7.90. The fourth-order valence-electron chi connectivity index (χ4n) is 1.62. The number of carbonyl (C=O) groups is 2. The Hall–Kier alpha value is -1.89. The second-order valence-corrected chi connectivity index (χ2v) is 5.30. The molecule has 90 valence electrons. The molecule has 1 aromatic rings. The number of sulfonamides is 1. The number of ether oxygens (including phenoxy) is 1. The van der Waals surface area contributed by atoms with Crippen molar-refractivity contribution in [2.45, 2.75) is 11.8 Å². The molecule has 0 radical (unpaired) electrons. The topological polar surface area (TPSA) is 80.8 Å². The van der Waals surface area contributed by atoms with Gasteiger partial charge in [-0.15, -0.1) is 4.31 Å². The predicted molar refractivity (Wildman–Crippen MR) is 56.9 cm³/mol. The van der Waals surface area contributed by atoms with Gasteiger partial charge in [0.05, 0.1) is 12.7 Å². The van der Waals surface area contributed by atoms with Crippen molar-refractivity contribution in [1.82, 2.24) is 4.31 Å². The van der Waals surface area contributed by atoms with Crippen LogP contribution in [0.4, 0.5) is 4.79 Å². The first kappa shape index (κ1) is 11.6. The highest BCUT2D eigenvalue weighted by Gasteiger charge is 2.46. The van der Waals surface area contributed by atoms with E-state index in [1.165, 1.54) is 12.1 Å². The van der Waals surface area contributed by atoms with Crippen LogP contribution >= 0.6 is 0 Å². The lowest BCUT2D eigenvalue weighted by Crippen LogP contribution is -2.36. The molecule has 17 heavy (non-hydrogen) atoms. The number of rotatable bonds is 0. The zero-order valence-electron chi connectivity index (χ0n) is 9.13. The number of benzene rings is 1. The summed E-state index contributed by atoms with van der Waals surface area (Å²) in [5, 5.41) is 0. The Labute approximate surface area is 97.8 Å². The van der Waals surface area contributed by atoms with E-state index in [9.17, 15) is 18.0 Å². The minimum absolute atomic E-state index is 0.00426. The molecule has 0 unspecified atom stereocenters. The molecule has 0 N–H and O–H groups in total. The Morgan fingerprint density at radius 2 is 2.00 bits per heavy atom. The number of aryl methyl sites for hydroxylation is 1. The number of methoxy groups -OCH3 is 1. The molecule has 2 amide bonds. The summed E-state index contributed by atoms with van der Waals surface area (Å²) in [4.78, 5) is 22.9. The molecule has 6 nitrogen and oxygen atoms in total. The van der Waals surface area contributed by atoms with Crippen molar-refractivity contribution < 1.29 is 22.7 Å². The van der Waals surface area contributed by atoms with E-state index in [1.807, 2.05) is 0 Å². The second-order valence-electron chi connectivity index (χ2n) is 3.54. The molecule has 0 saturated heterocycles. The maximum atomic E-state index is 11.9. The van der Waals surface area contributed by atoms with Gasteiger partial charge in [0.1, 0.15) is 4.90 Å². The minimum Gasteiger partial charge on any atom is -0.452 e. The van der Waals surface area contributed by atoms with Crippen LogP contribution in [0, 0.1) is 6.92 Å². The third kappa shape index (κ3) is 1.50. The van der Waals surface area contributed by atoms with E-state index in [0.717, 1.165) is 12.7 Å². The number of hydrogen-bond acceptors (Lipinski definition) is 5. The number of hydrogen-bond donors (Lipinski definition) is 0. The van der Waals surface area contributed by atoms with Crippen LogP contribution in [-0.4, -0.2) is 31.8 Å². The predicted octanol–water partition coefficient (Wildman–Crippen LogP) is 0.906. The number of fused-ring (bicyclic) bond motifs is 1. The third-order valence-electron chi connectivity index (χ3n) is 2.41. The van der Waals surface area contributed by atoms with Gasteiger partial charge in [0, 0.05) is 0 Å². The van der Waals surface area contributed by atoms with Gasteiger partial charge in [0.2, 0.25) is 0 Å². The number of carbonyl (C=O) groups excluding carboxylic acids is 2. The normalized spacial score (nSPS) is 16.8. The van der Waals surface area contributed by atoms with Gasteiger partial charge in [0.15, 0.2) is 0 Å². The van der Waals surface area contributed by atoms with Crippen LogP contribution in [0.2, 0.25) is 0 Å². The zero-order chi connectivity index (χ0) is 12.8. The van der Waals surface area contributed by atoms with Crippen molar-refractivity contribution in [3.8, 4) is 0 Å². The quantitative estimate of drug-likeness (QED) is 0.688. The van der Waals surface area contributed by atoms with Crippen molar-refractivity contribution in [2.24, 2.45) is 0 Å². The van der Waals surface area contributed by atoms with Crippen LogP contribution in [0.1, 0.15) is 15.9 Å². The van der Waals surface area contributed by atoms with Crippen molar-refractivity contribution in [2.75, 3.05) is 7.11 Å². The molecule has 0 fully saturated rings. The smallest absolute Gasteiger partial charge is 0.431 e. The van der Waals surface area contributed by atoms with Gasteiger partial charge in [-0.2, -0.15) is 0 Å². The molecule has 0 aliphatic carbocycles. The molecular formula is C10H9NO5S. The van der Waals surface area contributed by atoms with E-state index in [-0.39, 0.29) is 14.8 Å². The van der Waals surface area contributed by atoms with E-state index in [4.69, 9.17) is 0 Å². The maximum absolute atomic E-state index is 11.9. The van der Waals surface area contributed by atoms with Crippen LogP contribution in [0.5, 0.6) is 0 Å². The van der Waals surface area contributed by atoms with E-state index in [0.29, 0.717) is 0 Å². The zero-order valence-corrected chi connectivity index (χ0v) is 9.95. The molecule has 1 heterocycles. The molecule has 0 bridgehead atoms. The van der Waals surface area contributed by atoms with Crippen LogP contribution in [-0.2, 0) is 14.8 Å². The summed E-state index contributed by atoms with van der Waals surface area (Å²) in [5.41, 5.74) is 0.731. The van der Waals surface area contributed by atoms with Crippen molar-refractivity contribution in [1.29, 1.82) is 0 Å². The standard InChI is InChI=1S/C10H9NO5S/c1-6-3-4-8-7(5-6)9(12)11(10(13)16-2)17(8,14)15/h3-5H,1-2H3. The first-order chi connectivity index (χ1) is 7.89. The van der Waals surface area contributed by atoms with Gasteiger partial charge < -0.3 is 4.74 Å². The van der Waals surface area contributed by atoms with Gasteiger partial charge in [0.25, 0.3) is 15.9 Å². The summed E-state index contributed by atoms with van der Waals surface area (Å²) in [6.07, 6.45) is -1.20. The summed E-state index contributed by atoms with van der Waals surface area (Å²) in [5.74, 6) is -0.879. The van der Waals surface area contributed by atoms with Gasteiger partial charge in [-0.05, 0) is 19.1 Å². The number of nitrogens with zero attached hydrogens (tertiary/aromatic N) is 1. The SMILES string of the molecule is COC(=O)N1C(=O)c2cc(C)ccc2S1(=O)=O. The average molecular weight is 255 g/mol. The summed E-state index contributed by atoms with van der Waals surface area (Å²) in [7, 11) is -3.10. The monoisotopic (exact) mass is 255 g/mol. The first-order valence-electron chi connectivity index (χ1n) is 4.68. The van der Waals surface area contributed by atoms with E-state index >= 15 is 0 Å². The van der Waals surface area contributed by atoms with Crippen molar-refractivity contribution in [3.63, 3.8) is 0 Å². The second kappa shape index (κ2) is 3.56. The Morgan fingerprint density at radius 1 is 1.35 bits per heavy atom. The largest absolute Gasteiger partial charge is 0.452 e. The van der Waals surface area contributed by atoms with E-state index in [1.54, 1.807) is 13.0 Å². The fraction of sp³-hybridized carbons (Fsp3) is 0.200. The van der Waals surface area contributed by atoms with Crippen LogP contribution in [0.15, 0.2) is 23.1 Å². The number of amides is 2. The molecule has 0 saturated carbocycles. The molecular weight excluding hydrogens is 246 g/mol. The lowest BCUT2D eigenvalue weighted by Gasteiger charge is -2.10. The highest BCUT2D eigenvalue weighted by atomic mass is 32.2. The first-order valence-corrected chi connectivity index (χ1v) is 6.12. The molecule has 0 atom stereocenters. The molecule has 2 rings (SSSR count). The van der Waals surface area contributed by atoms with E-state index < -0.39 is 22.0 Å². The van der Waals surface area contributed by atoms with Gasteiger partial charge in [-0.25, -0.2) is 13.2 Å². The van der Waals surface area contributed by atoms with Crippen LogP contribution in [0.25, 0.3) is 0 Å². The lowest BCUT2D eigenvalue weighted by molar-refractivity contribution is 0.0838. The number of imide groups is 1. The summed E-state index contributed by atoms with van der Waals surface area (Å²) < 4.78 is 28.2. The minimum atomic E-state index is -4.11. The van der Waals surface area contributed by atoms with Crippen molar-refractivity contribution >= 4 is 22.0 Å². The van der Waals surface area contributed by atoms with E-state index in [2.05, 4.69) is 4.74 Å². The summed E-state index contributed by atoms with van der Waals surface area (Å²) >= 11 is 0. The summed E-state index contributed by atoms with van der Waals surface area (Å²) in [6, 6.07) is 4.30. The third-order valence-corrected chi connectivity index (χ3v) is 4.12. The fourth-order valence-corrected chi connectivity index (χ4v) is 3.07. The molecule has 0 spiro atoms. The highest BCUT2D eigenvalue weighted by Crippen LogP contribution is 2.31. The molecule has 1 aromatic carbocycles. The Kier molecular flexibility index (Phi) is 2.43. The maximum Gasteiger partial charge on any atom is 0.431 e. The van der Waals surface area contributed by atoms with Crippen molar-refractivity contribution in [3.05, 3.63) is 29.3 Å². The lowest BCUT2D eigenvalue weighted by atomic mass is 10.1. The van der Waals surface area contributed by atoms with Gasteiger partial charge in [-0.3, -0.25) is 4.79 Å². The van der Waals surface area contributed by atoms with Crippen LogP contribution in [0.3, 0.4) is 0 Å². The molecule has 1 aliphatic heterocycles. The van der Waals surface area contributed by atoms with Crippen LogP contribution < -0.4 is 0 Å². The Morgan fingerprint density at radius 3 is 2.59 bits per heavy atom. The Balaban J connectivity index is 2.69. The summed E-state index contributed by atoms with van der Waals surface area (Å²) in [6.45, 7) is 1.72. The Bertz CT molecular complexity index is 620. The van der Waals surface area contributed by atoms with Gasteiger partial charge in [-0.1, -0.05) is 11.6 Å². The van der Waals surface area contributed by atoms with Gasteiger partial charge >= 0.3 is 6.09 Å². The molecule has 1 aliphatic rings. The molecule has 7 heteroatoms. The average Bonchev–Trinajstić information content (AvgIpc) is 2.46. The molecule has 0 aromatic heterocycles.